The van der Waals surface area contributed by atoms with Crippen LogP contribution in [0.3, 0.4) is 0 Å². The van der Waals surface area contributed by atoms with Crippen molar-refractivity contribution in [1.29, 1.82) is 5.26 Å². The van der Waals surface area contributed by atoms with Crippen LogP contribution in [0, 0.1) is 11.3 Å². The van der Waals surface area contributed by atoms with Crippen molar-refractivity contribution in [1.82, 2.24) is 4.98 Å². The highest BCUT2D eigenvalue weighted by molar-refractivity contribution is 9.10. The average molecular weight is 331 g/mol. The molecule has 100 valence electrons. The molecule has 2 rings (SSSR count). The Morgan fingerprint density at radius 1 is 1.45 bits per heavy atom. The first kappa shape index (κ1) is 14.1. The molecule has 0 aliphatic carbocycles. The Morgan fingerprint density at radius 3 is 2.85 bits per heavy atom. The number of ether oxygens (including phenoxy) is 1. The van der Waals surface area contributed by atoms with Gasteiger partial charge in [-0.3, -0.25) is 4.98 Å². The van der Waals surface area contributed by atoms with Gasteiger partial charge in [0.2, 0.25) is 0 Å². The highest BCUT2D eigenvalue weighted by atomic mass is 79.9. The van der Waals surface area contributed by atoms with Crippen LogP contribution in [0.4, 0.5) is 0 Å². The van der Waals surface area contributed by atoms with Crippen molar-refractivity contribution in [2.75, 3.05) is 7.11 Å². The Kier molecular flexibility index (Phi) is 4.38. The van der Waals surface area contributed by atoms with Crippen LogP contribution in [0.15, 0.2) is 41.0 Å². The number of hydrogen-bond donors (Lipinski definition) is 1. The summed E-state index contributed by atoms with van der Waals surface area (Å²) >= 11 is 3.39. The van der Waals surface area contributed by atoms with Crippen molar-refractivity contribution in [3.05, 3.63) is 52.3 Å². The van der Waals surface area contributed by atoms with E-state index in [9.17, 15) is 10.4 Å². The van der Waals surface area contributed by atoms with Crippen molar-refractivity contribution in [2.45, 2.75) is 0 Å². The molecule has 20 heavy (non-hydrogen) atoms. The number of benzene rings is 1. The third-order valence-electron chi connectivity index (χ3n) is 2.66. The van der Waals surface area contributed by atoms with Gasteiger partial charge in [-0.05, 0) is 35.9 Å². The molecule has 0 bridgehead atoms. The maximum atomic E-state index is 9.80. The van der Waals surface area contributed by atoms with Crippen molar-refractivity contribution >= 4 is 27.6 Å². The van der Waals surface area contributed by atoms with Gasteiger partial charge in [0.05, 0.1) is 18.4 Å². The van der Waals surface area contributed by atoms with Crippen LogP contribution in [0.5, 0.6) is 11.5 Å². The highest BCUT2D eigenvalue weighted by Crippen LogP contribution is 2.34. The van der Waals surface area contributed by atoms with E-state index in [1.807, 2.05) is 6.07 Å². The predicted octanol–water partition coefficient (Wildman–Crippen LogP) is 3.62. The summed E-state index contributed by atoms with van der Waals surface area (Å²) in [5, 5.41) is 19.0. The molecule has 4 nitrogen and oxygen atoms in total. The molecule has 1 aromatic carbocycles. The first-order valence-corrected chi connectivity index (χ1v) is 6.54. The van der Waals surface area contributed by atoms with Gasteiger partial charge in [-0.1, -0.05) is 22.0 Å². The van der Waals surface area contributed by atoms with Gasteiger partial charge in [0.25, 0.3) is 0 Å². The van der Waals surface area contributed by atoms with Crippen molar-refractivity contribution in [3.63, 3.8) is 0 Å². The zero-order chi connectivity index (χ0) is 14.5. The lowest BCUT2D eigenvalue weighted by atomic mass is 10.1. The average Bonchev–Trinajstić information content (AvgIpc) is 2.48. The quantitative estimate of drug-likeness (QED) is 0.873. The Bertz CT molecular complexity index is 691. The molecule has 5 heteroatoms. The number of nitriles is 1. The number of phenols is 1. The molecule has 1 aromatic heterocycles. The third-order valence-corrected chi connectivity index (χ3v) is 3.35. The fourth-order valence-electron chi connectivity index (χ4n) is 1.67. The summed E-state index contributed by atoms with van der Waals surface area (Å²) in [5.41, 5.74) is 1.67. The summed E-state index contributed by atoms with van der Waals surface area (Å²) in [4.78, 5) is 4.14. The van der Waals surface area contributed by atoms with Gasteiger partial charge in [0.1, 0.15) is 6.07 Å². The van der Waals surface area contributed by atoms with E-state index in [0.717, 1.165) is 4.47 Å². The summed E-state index contributed by atoms with van der Waals surface area (Å²) in [6, 6.07) is 10.6. The highest BCUT2D eigenvalue weighted by Gasteiger charge is 2.09. The van der Waals surface area contributed by atoms with Crippen molar-refractivity contribution in [2.24, 2.45) is 0 Å². The zero-order valence-electron chi connectivity index (χ0n) is 10.7. The van der Waals surface area contributed by atoms with Gasteiger partial charge in [-0.15, -0.1) is 0 Å². The molecule has 0 aliphatic heterocycles. The van der Waals surface area contributed by atoms with Gasteiger partial charge in [-0.25, -0.2) is 0 Å². The second kappa shape index (κ2) is 6.22. The number of phenolic OH excluding ortho intramolecular Hbond substituents is 1. The van der Waals surface area contributed by atoms with Crippen LogP contribution in [0.1, 0.15) is 11.3 Å². The minimum absolute atomic E-state index is 0.0141. The fraction of sp³-hybridized carbons (Fsp3) is 0.0667. The lowest BCUT2D eigenvalue weighted by molar-refractivity contribution is 0.373. The monoisotopic (exact) mass is 330 g/mol. The van der Waals surface area contributed by atoms with E-state index in [1.165, 1.54) is 13.2 Å². The topological polar surface area (TPSA) is 66.1 Å². The van der Waals surface area contributed by atoms with Crippen LogP contribution in [0.2, 0.25) is 0 Å². The molecular weight excluding hydrogens is 320 g/mol. The molecule has 0 spiro atoms. The summed E-state index contributed by atoms with van der Waals surface area (Å²) in [5.74, 6) is 0.380. The number of aromatic hydroxyl groups is 1. The van der Waals surface area contributed by atoms with E-state index in [-0.39, 0.29) is 5.75 Å². The molecule has 0 atom stereocenters. The van der Waals surface area contributed by atoms with Crippen molar-refractivity contribution in [3.8, 4) is 17.6 Å². The van der Waals surface area contributed by atoms with Crippen LogP contribution in [0.25, 0.3) is 11.6 Å². The van der Waals surface area contributed by atoms with E-state index in [1.54, 1.807) is 30.5 Å². The van der Waals surface area contributed by atoms with Crippen LogP contribution >= 0.6 is 15.9 Å². The second-order valence-electron chi connectivity index (χ2n) is 3.93. The van der Waals surface area contributed by atoms with Crippen LogP contribution < -0.4 is 4.74 Å². The number of nitrogens with zero attached hydrogens (tertiary/aromatic N) is 2. The second-order valence-corrected chi connectivity index (χ2v) is 4.78. The number of allylic oxidation sites excluding steroid dienone is 1. The molecule has 0 fully saturated rings. The van der Waals surface area contributed by atoms with Crippen LogP contribution in [-0.4, -0.2) is 17.2 Å². The standard InChI is InChI=1S/C15H11BrN2O2/c1-20-15-8-12(16)10(7-14(15)19)6-11(9-17)13-4-2-3-5-18-13/h2-8,19H,1H3. The van der Waals surface area contributed by atoms with Gasteiger partial charge >= 0.3 is 0 Å². The van der Waals surface area contributed by atoms with Gasteiger partial charge in [-0.2, -0.15) is 5.26 Å². The number of aromatic nitrogens is 1. The molecule has 0 unspecified atom stereocenters. The molecular formula is C15H11BrN2O2. The molecule has 2 aromatic rings. The maximum absolute atomic E-state index is 9.80. The molecule has 0 saturated carbocycles. The summed E-state index contributed by atoms with van der Waals surface area (Å²) in [7, 11) is 1.48. The molecule has 0 saturated heterocycles. The minimum Gasteiger partial charge on any atom is -0.504 e. The summed E-state index contributed by atoms with van der Waals surface area (Å²) in [6.45, 7) is 0. The van der Waals surface area contributed by atoms with Crippen LogP contribution in [-0.2, 0) is 0 Å². The minimum atomic E-state index is 0.0141. The largest absolute Gasteiger partial charge is 0.504 e. The molecule has 0 amide bonds. The first-order chi connectivity index (χ1) is 9.65. The molecule has 0 aliphatic rings. The molecule has 0 radical (unpaired) electrons. The fourth-order valence-corrected chi connectivity index (χ4v) is 2.11. The Morgan fingerprint density at radius 2 is 2.25 bits per heavy atom. The third kappa shape index (κ3) is 2.98. The molecule has 1 N–H and O–H groups in total. The Hall–Kier alpha value is -2.32. The number of hydrogen-bond acceptors (Lipinski definition) is 4. The predicted molar refractivity (Wildman–Crippen MR) is 80.1 cm³/mol. The van der Waals surface area contributed by atoms with Gasteiger partial charge < -0.3 is 9.84 Å². The SMILES string of the molecule is COc1cc(Br)c(C=C(C#N)c2ccccn2)cc1O. The smallest absolute Gasteiger partial charge is 0.161 e. The van der Waals surface area contributed by atoms with E-state index in [4.69, 9.17) is 4.74 Å². The van der Waals surface area contributed by atoms with E-state index in [0.29, 0.717) is 22.6 Å². The summed E-state index contributed by atoms with van der Waals surface area (Å²) in [6.07, 6.45) is 3.28. The Labute approximate surface area is 125 Å². The van der Waals surface area contributed by atoms with Gasteiger partial charge in [0, 0.05) is 10.7 Å². The number of halogens is 1. The normalized spacial score (nSPS) is 10.9. The first-order valence-electron chi connectivity index (χ1n) is 5.75. The van der Waals surface area contributed by atoms with Gasteiger partial charge in [0.15, 0.2) is 11.5 Å². The van der Waals surface area contributed by atoms with Crippen molar-refractivity contribution < 1.29 is 9.84 Å². The number of pyridine rings is 1. The lowest BCUT2D eigenvalue weighted by Crippen LogP contribution is -1.88. The van der Waals surface area contributed by atoms with E-state index in [2.05, 4.69) is 27.0 Å². The molecule has 1 heterocycles. The van der Waals surface area contributed by atoms with E-state index >= 15 is 0 Å². The lowest BCUT2D eigenvalue weighted by Gasteiger charge is -2.07. The summed E-state index contributed by atoms with van der Waals surface area (Å²) < 4.78 is 5.74. The Balaban J connectivity index is 2.49. The number of rotatable bonds is 3. The van der Waals surface area contributed by atoms with E-state index < -0.39 is 0 Å². The zero-order valence-corrected chi connectivity index (χ0v) is 12.3. The number of methoxy groups -OCH3 is 1. The maximum Gasteiger partial charge on any atom is 0.161 e.